The van der Waals surface area contributed by atoms with Gasteiger partial charge in [-0.2, -0.15) is 0 Å². The molecular formula is C14H16N4O2S. The normalized spacial score (nSPS) is 27.9. The number of carboxylic acids is 1. The molecule has 0 aliphatic carbocycles. The molecule has 2 bridgehead atoms. The van der Waals surface area contributed by atoms with Gasteiger partial charge in [0, 0.05) is 49.9 Å². The van der Waals surface area contributed by atoms with Crippen molar-refractivity contribution in [2.24, 2.45) is 0 Å². The van der Waals surface area contributed by atoms with Crippen molar-refractivity contribution >= 4 is 17.3 Å². The van der Waals surface area contributed by atoms with Crippen molar-refractivity contribution in [2.75, 3.05) is 32.7 Å². The quantitative estimate of drug-likeness (QED) is 0.899. The van der Waals surface area contributed by atoms with Crippen LogP contribution in [0.15, 0.2) is 17.6 Å². The average Bonchev–Trinajstić information content (AvgIpc) is 3.17. The highest BCUT2D eigenvalue weighted by Crippen LogP contribution is 2.33. The number of nitrogens with one attached hydrogen (secondary N) is 1. The molecule has 3 aliphatic heterocycles. The van der Waals surface area contributed by atoms with Gasteiger partial charge in [-0.1, -0.05) is 0 Å². The maximum absolute atomic E-state index is 10.9. The molecular weight excluding hydrogens is 288 g/mol. The van der Waals surface area contributed by atoms with Gasteiger partial charge in [-0.15, -0.1) is 11.3 Å². The highest BCUT2D eigenvalue weighted by Gasteiger charge is 2.34. The lowest BCUT2D eigenvalue weighted by Gasteiger charge is -2.46. The zero-order valence-corrected chi connectivity index (χ0v) is 12.3. The molecule has 5 heterocycles. The molecule has 3 aliphatic rings. The van der Waals surface area contributed by atoms with Crippen LogP contribution < -0.4 is 0 Å². The summed E-state index contributed by atoms with van der Waals surface area (Å²) >= 11 is 1.67. The number of fused-ring (bicyclic) bond motifs is 3. The second-order valence-electron chi connectivity index (χ2n) is 5.53. The van der Waals surface area contributed by atoms with Crippen molar-refractivity contribution in [2.45, 2.75) is 6.04 Å². The van der Waals surface area contributed by atoms with Gasteiger partial charge in [0.15, 0.2) is 0 Å². The molecule has 1 atom stereocenters. The molecule has 6 nitrogen and oxygen atoms in total. The Labute approximate surface area is 126 Å². The fraction of sp³-hybridized carbons (Fsp3) is 0.429. The van der Waals surface area contributed by atoms with Crippen LogP contribution in [-0.4, -0.2) is 63.6 Å². The summed E-state index contributed by atoms with van der Waals surface area (Å²) < 4.78 is 0. The van der Waals surface area contributed by atoms with Crippen LogP contribution in [0.1, 0.15) is 21.5 Å². The van der Waals surface area contributed by atoms with E-state index >= 15 is 0 Å². The van der Waals surface area contributed by atoms with Gasteiger partial charge in [-0.05, 0) is 6.07 Å². The molecule has 0 spiro atoms. The molecule has 0 radical (unpaired) electrons. The van der Waals surface area contributed by atoms with Crippen molar-refractivity contribution < 1.29 is 9.90 Å². The van der Waals surface area contributed by atoms with Crippen molar-refractivity contribution in [1.82, 2.24) is 19.8 Å². The first-order valence-corrected chi connectivity index (χ1v) is 7.92. The minimum Gasteiger partial charge on any atom is -0.477 e. The first-order chi connectivity index (χ1) is 10.2. The number of nitrogens with zero attached hydrogens (tertiary/aromatic N) is 3. The average molecular weight is 304 g/mol. The SMILES string of the molecule is O=C(O)c1cc(-c2csc(C3CN4CCN3CC4)n2)c[nH]1. The second-order valence-corrected chi connectivity index (χ2v) is 6.42. The van der Waals surface area contributed by atoms with Gasteiger partial charge in [-0.3, -0.25) is 9.80 Å². The Morgan fingerprint density at radius 1 is 1.38 bits per heavy atom. The van der Waals surface area contributed by atoms with Crippen molar-refractivity contribution in [1.29, 1.82) is 0 Å². The zero-order chi connectivity index (χ0) is 14.4. The smallest absolute Gasteiger partial charge is 0.352 e. The molecule has 3 saturated heterocycles. The molecule has 7 heteroatoms. The van der Waals surface area contributed by atoms with Gasteiger partial charge in [-0.25, -0.2) is 9.78 Å². The molecule has 3 fully saturated rings. The number of piperazine rings is 3. The van der Waals surface area contributed by atoms with Crippen LogP contribution in [0, 0.1) is 0 Å². The fourth-order valence-corrected chi connectivity index (χ4v) is 4.04. The summed E-state index contributed by atoms with van der Waals surface area (Å²) in [5.41, 5.74) is 1.90. The van der Waals surface area contributed by atoms with Gasteiger partial charge in [0.25, 0.3) is 0 Å². The lowest BCUT2D eigenvalue weighted by molar-refractivity contribution is 0.0123. The summed E-state index contributed by atoms with van der Waals surface area (Å²) in [6, 6.07) is 2.03. The molecule has 1 unspecified atom stereocenters. The maximum atomic E-state index is 10.9. The summed E-state index contributed by atoms with van der Waals surface area (Å²) in [5, 5.41) is 12.1. The maximum Gasteiger partial charge on any atom is 0.352 e. The van der Waals surface area contributed by atoms with E-state index < -0.39 is 5.97 Å². The van der Waals surface area contributed by atoms with E-state index in [1.807, 2.05) is 5.38 Å². The van der Waals surface area contributed by atoms with E-state index in [1.165, 1.54) is 0 Å². The summed E-state index contributed by atoms with van der Waals surface area (Å²) in [4.78, 5) is 23.4. The molecule has 2 N–H and O–H groups in total. The van der Waals surface area contributed by atoms with Gasteiger partial charge < -0.3 is 10.1 Å². The Hall–Kier alpha value is -1.70. The highest BCUT2D eigenvalue weighted by atomic mass is 32.1. The predicted molar refractivity (Wildman–Crippen MR) is 79.6 cm³/mol. The van der Waals surface area contributed by atoms with Crippen LogP contribution in [0.4, 0.5) is 0 Å². The summed E-state index contributed by atoms with van der Waals surface area (Å²) in [6.07, 6.45) is 1.71. The molecule has 21 heavy (non-hydrogen) atoms. The minimum atomic E-state index is -0.944. The lowest BCUT2D eigenvalue weighted by atomic mass is 10.1. The predicted octanol–water partition coefficient (Wildman–Crippen LogP) is 1.51. The third kappa shape index (κ3) is 2.27. The van der Waals surface area contributed by atoms with Gasteiger partial charge >= 0.3 is 5.97 Å². The Balaban J connectivity index is 1.59. The van der Waals surface area contributed by atoms with Crippen LogP contribution in [0.25, 0.3) is 11.3 Å². The first-order valence-electron chi connectivity index (χ1n) is 7.04. The van der Waals surface area contributed by atoms with Crippen molar-refractivity contribution in [3.8, 4) is 11.3 Å². The van der Waals surface area contributed by atoms with E-state index in [4.69, 9.17) is 10.1 Å². The third-order valence-electron chi connectivity index (χ3n) is 4.29. The van der Waals surface area contributed by atoms with Crippen LogP contribution >= 0.6 is 11.3 Å². The Morgan fingerprint density at radius 3 is 2.81 bits per heavy atom. The second kappa shape index (κ2) is 4.94. The van der Waals surface area contributed by atoms with Gasteiger partial charge in [0.1, 0.15) is 10.7 Å². The number of rotatable bonds is 3. The van der Waals surface area contributed by atoms with Crippen molar-refractivity contribution in [3.63, 3.8) is 0 Å². The molecule has 0 aromatic carbocycles. The summed E-state index contributed by atoms with van der Waals surface area (Å²) in [5.74, 6) is -0.944. The Bertz CT molecular complexity index is 672. The van der Waals surface area contributed by atoms with Gasteiger partial charge in [0.2, 0.25) is 0 Å². The largest absolute Gasteiger partial charge is 0.477 e. The van der Waals surface area contributed by atoms with Crippen LogP contribution in [0.2, 0.25) is 0 Å². The fourth-order valence-electron chi connectivity index (χ4n) is 3.09. The molecule has 2 aromatic heterocycles. The molecule has 0 saturated carbocycles. The number of carbonyl (C=O) groups is 1. The minimum absolute atomic E-state index is 0.200. The standard InChI is InChI=1S/C14H16N4O2S/c19-14(20)10-5-9(6-15-10)11-8-21-13(16-11)12-7-17-1-3-18(12)4-2-17/h5-6,8,12,15H,1-4,7H2,(H,19,20). The monoisotopic (exact) mass is 304 g/mol. The number of aromatic carboxylic acids is 1. The topological polar surface area (TPSA) is 72.5 Å². The number of aromatic amines is 1. The Kier molecular flexibility index (Phi) is 3.06. The number of H-pyrrole nitrogens is 1. The van der Waals surface area contributed by atoms with E-state index in [-0.39, 0.29) is 5.69 Å². The zero-order valence-electron chi connectivity index (χ0n) is 11.5. The van der Waals surface area contributed by atoms with Crippen molar-refractivity contribution in [3.05, 3.63) is 28.3 Å². The van der Waals surface area contributed by atoms with Crippen LogP contribution in [0.5, 0.6) is 0 Å². The van der Waals surface area contributed by atoms with E-state index in [0.717, 1.165) is 49.0 Å². The number of hydrogen-bond acceptors (Lipinski definition) is 5. The first kappa shape index (κ1) is 13.0. The number of carboxylic acid groups (broad SMARTS) is 1. The summed E-state index contributed by atoms with van der Waals surface area (Å²) in [7, 11) is 0. The molecule has 110 valence electrons. The highest BCUT2D eigenvalue weighted by molar-refractivity contribution is 7.10. The van der Waals surface area contributed by atoms with Gasteiger partial charge in [0.05, 0.1) is 11.7 Å². The number of thiazole rings is 1. The Morgan fingerprint density at radius 2 is 2.19 bits per heavy atom. The van der Waals surface area contributed by atoms with Crippen LogP contribution in [-0.2, 0) is 0 Å². The number of aromatic nitrogens is 2. The third-order valence-corrected chi connectivity index (χ3v) is 5.24. The van der Waals surface area contributed by atoms with E-state index in [1.54, 1.807) is 23.6 Å². The number of hydrogen-bond donors (Lipinski definition) is 2. The van der Waals surface area contributed by atoms with E-state index in [9.17, 15) is 4.79 Å². The molecule has 2 aromatic rings. The van der Waals surface area contributed by atoms with E-state index in [0.29, 0.717) is 6.04 Å². The van der Waals surface area contributed by atoms with Crippen LogP contribution in [0.3, 0.4) is 0 Å². The summed E-state index contributed by atoms with van der Waals surface area (Å²) in [6.45, 7) is 5.61. The molecule has 0 amide bonds. The van der Waals surface area contributed by atoms with E-state index in [2.05, 4.69) is 14.8 Å². The molecule has 5 rings (SSSR count). The lowest BCUT2D eigenvalue weighted by Crippen LogP contribution is -2.56.